The van der Waals surface area contributed by atoms with Gasteiger partial charge in [-0.2, -0.15) is 4.99 Å². The third-order valence-corrected chi connectivity index (χ3v) is 5.77. The largest absolute Gasteiger partial charge is 0.494 e. The van der Waals surface area contributed by atoms with E-state index in [-0.39, 0.29) is 12.5 Å². The molecule has 3 aromatic rings. The Morgan fingerprint density at radius 2 is 1.94 bits per heavy atom. The molecule has 6 nitrogen and oxygen atoms in total. The molecule has 0 bridgehead atoms. The first-order valence-electron chi connectivity index (χ1n) is 10.1. The Labute approximate surface area is 186 Å². The van der Waals surface area contributed by atoms with Gasteiger partial charge in [0.2, 0.25) is 0 Å². The first-order chi connectivity index (χ1) is 15.1. The average Bonchev–Trinajstić information content (AvgIpc) is 3.12. The monoisotopic (exact) mass is 438 g/mol. The van der Waals surface area contributed by atoms with Crippen LogP contribution in [0.15, 0.2) is 41.4 Å². The number of hydrogen-bond acceptors (Lipinski definition) is 5. The normalized spacial score (nSPS) is 11.4. The lowest BCUT2D eigenvalue weighted by Crippen LogP contribution is -2.16. The third kappa shape index (κ3) is 5.28. The van der Waals surface area contributed by atoms with Gasteiger partial charge in [0.25, 0.3) is 5.91 Å². The van der Waals surface area contributed by atoms with Crippen molar-refractivity contribution in [3.05, 3.63) is 46.8 Å². The molecule has 31 heavy (non-hydrogen) atoms. The molecule has 1 amide bonds. The Kier molecular flexibility index (Phi) is 7.74. The molecule has 162 valence electrons. The maximum absolute atomic E-state index is 12.9. The second kappa shape index (κ2) is 10.7. The summed E-state index contributed by atoms with van der Waals surface area (Å²) in [7, 11) is 3.16. The van der Waals surface area contributed by atoms with E-state index in [1.165, 1.54) is 11.3 Å². The van der Waals surface area contributed by atoms with Crippen LogP contribution in [0.3, 0.4) is 0 Å². The van der Waals surface area contributed by atoms with Crippen LogP contribution in [0.4, 0.5) is 0 Å². The number of nitrogens with zero attached hydrogens (tertiary/aromatic N) is 2. The van der Waals surface area contributed by atoms with Crippen LogP contribution in [0.1, 0.15) is 36.5 Å². The van der Waals surface area contributed by atoms with Gasteiger partial charge in [-0.1, -0.05) is 43.1 Å². The lowest BCUT2D eigenvalue weighted by Gasteiger charge is -2.08. The van der Waals surface area contributed by atoms with Crippen molar-refractivity contribution in [2.75, 3.05) is 20.8 Å². The second-order valence-electron chi connectivity index (χ2n) is 6.85. The first kappa shape index (κ1) is 22.4. The highest BCUT2D eigenvalue weighted by Gasteiger charge is 2.14. The van der Waals surface area contributed by atoms with Crippen LogP contribution in [0.2, 0.25) is 0 Å². The number of amides is 1. The number of fused-ring (bicyclic) bond motifs is 1. The summed E-state index contributed by atoms with van der Waals surface area (Å²) in [5.74, 6) is 4.14. The van der Waals surface area contributed by atoms with E-state index in [4.69, 9.17) is 20.6 Å². The number of rotatable bonds is 9. The molecule has 7 heteroatoms. The lowest BCUT2D eigenvalue weighted by atomic mass is 10.2. The highest BCUT2D eigenvalue weighted by molar-refractivity contribution is 7.16. The van der Waals surface area contributed by atoms with Crippen LogP contribution in [-0.4, -0.2) is 31.3 Å². The predicted octanol–water partition coefficient (Wildman–Crippen LogP) is 4.66. The van der Waals surface area contributed by atoms with Crippen molar-refractivity contribution < 1.29 is 19.0 Å². The molecule has 0 N–H and O–H groups in total. The maximum Gasteiger partial charge on any atom is 0.279 e. The van der Waals surface area contributed by atoms with E-state index in [2.05, 4.69) is 17.8 Å². The summed E-state index contributed by atoms with van der Waals surface area (Å²) >= 11 is 1.37. The molecule has 0 atom stereocenters. The first-order valence-corrected chi connectivity index (χ1v) is 10.9. The quantitative estimate of drug-likeness (QED) is 0.360. The van der Waals surface area contributed by atoms with Gasteiger partial charge in [-0.15, -0.1) is 6.42 Å². The van der Waals surface area contributed by atoms with Gasteiger partial charge in [-0.3, -0.25) is 4.79 Å². The molecule has 0 saturated heterocycles. The van der Waals surface area contributed by atoms with Crippen LogP contribution < -0.4 is 19.0 Å². The molecule has 0 radical (unpaired) electrons. The van der Waals surface area contributed by atoms with E-state index in [1.807, 2.05) is 22.8 Å². The fraction of sp³-hybridized carbons (Fsp3) is 0.333. The van der Waals surface area contributed by atoms with E-state index in [1.54, 1.807) is 32.4 Å². The number of benzene rings is 2. The van der Waals surface area contributed by atoms with E-state index >= 15 is 0 Å². The minimum absolute atomic E-state index is 0.280. The molecule has 3 rings (SSSR count). The number of carbonyl (C=O) groups is 1. The standard InChI is InChI=1S/C24H26N2O4S/c1-5-7-8-13-30-18-11-9-10-17(14-18)23(27)25-24-26(12-6-2)19-15-20(28-3)21(29-4)16-22(19)31-24/h2,9-11,14-16H,5,7-8,12-13H2,1,3-4H3. The maximum atomic E-state index is 12.9. The van der Waals surface area contributed by atoms with E-state index < -0.39 is 0 Å². The van der Waals surface area contributed by atoms with Crippen LogP contribution >= 0.6 is 11.3 Å². The number of carbonyl (C=O) groups excluding carboxylic acids is 1. The van der Waals surface area contributed by atoms with Gasteiger partial charge in [0.05, 0.1) is 37.6 Å². The Bertz CT molecular complexity index is 1170. The fourth-order valence-electron chi connectivity index (χ4n) is 3.14. The Balaban J connectivity index is 1.97. The molecule has 1 aromatic heterocycles. The molecule has 0 unspecified atom stereocenters. The number of terminal acetylenes is 1. The van der Waals surface area contributed by atoms with Gasteiger partial charge < -0.3 is 18.8 Å². The SMILES string of the molecule is C#CCn1c(=NC(=O)c2cccc(OCCCCC)c2)sc2cc(OC)c(OC)cc21. The molecule has 1 heterocycles. The minimum Gasteiger partial charge on any atom is -0.494 e. The van der Waals surface area contributed by atoms with Crippen LogP contribution in [-0.2, 0) is 6.54 Å². The smallest absolute Gasteiger partial charge is 0.279 e. The third-order valence-electron chi connectivity index (χ3n) is 4.73. The summed E-state index contributed by atoms with van der Waals surface area (Å²) in [6.45, 7) is 3.06. The zero-order chi connectivity index (χ0) is 22.2. The highest BCUT2D eigenvalue weighted by Crippen LogP contribution is 2.33. The average molecular weight is 439 g/mol. The van der Waals surface area contributed by atoms with Crippen LogP contribution in [0.25, 0.3) is 10.2 Å². The second-order valence-corrected chi connectivity index (χ2v) is 7.86. The number of aromatic nitrogens is 1. The Morgan fingerprint density at radius 3 is 2.65 bits per heavy atom. The predicted molar refractivity (Wildman–Crippen MR) is 123 cm³/mol. The van der Waals surface area contributed by atoms with Gasteiger partial charge in [-0.05, 0) is 24.6 Å². The highest BCUT2D eigenvalue weighted by atomic mass is 32.1. The number of hydrogen-bond donors (Lipinski definition) is 0. The molecule has 0 saturated carbocycles. The van der Waals surface area contributed by atoms with Gasteiger partial charge in [0, 0.05) is 17.7 Å². The molecule has 0 spiro atoms. The zero-order valence-corrected chi connectivity index (χ0v) is 18.8. The Morgan fingerprint density at radius 1 is 1.16 bits per heavy atom. The summed E-state index contributed by atoms with van der Waals surface area (Å²) in [5.41, 5.74) is 1.30. The van der Waals surface area contributed by atoms with Crippen molar-refractivity contribution in [1.29, 1.82) is 0 Å². The van der Waals surface area contributed by atoms with Crippen molar-refractivity contribution in [2.24, 2.45) is 4.99 Å². The van der Waals surface area contributed by atoms with Crippen molar-refractivity contribution in [2.45, 2.75) is 32.7 Å². The molecular weight excluding hydrogens is 412 g/mol. The van der Waals surface area contributed by atoms with Crippen molar-refractivity contribution in [3.63, 3.8) is 0 Å². The van der Waals surface area contributed by atoms with E-state index in [0.29, 0.717) is 34.2 Å². The molecule has 0 aliphatic rings. The van der Waals surface area contributed by atoms with Crippen molar-refractivity contribution >= 4 is 27.5 Å². The van der Waals surface area contributed by atoms with Crippen LogP contribution in [0.5, 0.6) is 17.2 Å². The van der Waals surface area contributed by atoms with Crippen LogP contribution in [0, 0.1) is 12.3 Å². The van der Waals surface area contributed by atoms with Gasteiger partial charge in [-0.25, -0.2) is 0 Å². The fourth-order valence-corrected chi connectivity index (χ4v) is 4.18. The Hall–Kier alpha value is -3.24. The topological polar surface area (TPSA) is 62.1 Å². The van der Waals surface area contributed by atoms with E-state index in [0.717, 1.165) is 29.5 Å². The minimum atomic E-state index is -0.352. The molecular formula is C24H26N2O4S. The van der Waals surface area contributed by atoms with Gasteiger partial charge >= 0.3 is 0 Å². The van der Waals surface area contributed by atoms with Crippen molar-refractivity contribution in [3.8, 4) is 29.6 Å². The summed E-state index contributed by atoms with van der Waals surface area (Å²) < 4.78 is 19.3. The molecule has 0 aliphatic heterocycles. The lowest BCUT2D eigenvalue weighted by molar-refractivity contribution is 0.0997. The van der Waals surface area contributed by atoms with Gasteiger partial charge in [0.1, 0.15) is 5.75 Å². The molecule has 0 aliphatic carbocycles. The van der Waals surface area contributed by atoms with Gasteiger partial charge in [0.15, 0.2) is 16.3 Å². The number of methoxy groups -OCH3 is 2. The number of thiazole rings is 1. The number of unbranched alkanes of at least 4 members (excludes halogenated alkanes) is 2. The van der Waals surface area contributed by atoms with Crippen molar-refractivity contribution in [1.82, 2.24) is 4.57 Å². The summed E-state index contributed by atoms with van der Waals surface area (Å²) in [6.07, 6.45) is 8.80. The summed E-state index contributed by atoms with van der Waals surface area (Å²) in [5, 5.41) is 0. The molecule has 0 fully saturated rings. The number of ether oxygens (including phenoxy) is 3. The zero-order valence-electron chi connectivity index (χ0n) is 18.0. The van der Waals surface area contributed by atoms with E-state index in [9.17, 15) is 4.79 Å². The molecule has 2 aromatic carbocycles. The summed E-state index contributed by atoms with van der Waals surface area (Å²) in [6, 6.07) is 10.8. The summed E-state index contributed by atoms with van der Waals surface area (Å²) in [4.78, 5) is 17.8.